The van der Waals surface area contributed by atoms with Crippen molar-refractivity contribution < 1.29 is 33.6 Å². The molecule has 2 aliphatic rings. The zero-order valence-corrected chi connectivity index (χ0v) is 20.8. The van der Waals surface area contributed by atoms with Gasteiger partial charge in [0.1, 0.15) is 30.1 Å². The smallest absolute Gasteiger partial charge is 0.223 e. The van der Waals surface area contributed by atoms with Crippen LogP contribution in [0.5, 0.6) is 5.75 Å². The third-order valence-corrected chi connectivity index (χ3v) is 6.43. The molecule has 0 unspecified atom stereocenters. The first-order chi connectivity index (χ1) is 18.5. The van der Waals surface area contributed by atoms with Gasteiger partial charge in [-0.3, -0.25) is 9.59 Å². The number of carbonyl (C=O) groups excluding carboxylic acids is 2. The fourth-order valence-corrected chi connectivity index (χ4v) is 4.52. The summed E-state index contributed by atoms with van der Waals surface area (Å²) in [4.78, 5) is 24.5. The molecular formula is C30H29NO7. The minimum Gasteiger partial charge on any atom is -0.463 e. The molecule has 3 aromatic carbocycles. The number of hydrogen-bond acceptors (Lipinski definition) is 7. The number of aliphatic hydroxyl groups excluding tert-OH is 1. The van der Waals surface area contributed by atoms with Crippen LogP contribution in [0, 0.1) is 0 Å². The van der Waals surface area contributed by atoms with Gasteiger partial charge < -0.3 is 29.4 Å². The molecule has 3 aromatic rings. The lowest BCUT2D eigenvalue weighted by atomic mass is 9.95. The molecule has 2 heterocycles. The van der Waals surface area contributed by atoms with Gasteiger partial charge in [0.25, 0.3) is 0 Å². The van der Waals surface area contributed by atoms with Crippen LogP contribution >= 0.6 is 0 Å². The first-order valence-electron chi connectivity index (χ1n) is 12.4. The van der Waals surface area contributed by atoms with E-state index in [0.29, 0.717) is 11.3 Å². The molecule has 0 spiro atoms. The van der Waals surface area contributed by atoms with Crippen molar-refractivity contribution in [3.05, 3.63) is 108 Å². The van der Waals surface area contributed by atoms with Crippen LogP contribution in [-0.4, -0.2) is 54.0 Å². The monoisotopic (exact) mass is 515 g/mol. The summed E-state index contributed by atoms with van der Waals surface area (Å²) in [7, 11) is 0. The predicted octanol–water partition coefficient (Wildman–Crippen LogP) is 3.67. The Morgan fingerprint density at radius 1 is 0.947 bits per heavy atom. The Morgan fingerprint density at radius 2 is 1.63 bits per heavy atom. The van der Waals surface area contributed by atoms with Crippen molar-refractivity contribution >= 4 is 17.8 Å². The molecule has 38 heavy (non-hydrogen) atoms. The first kappa shape index (κ1) is 25.8. The van der Waals surface area contributed by atoms with Crippen LogP contribution in [0.3, 0.4) is 0 Å². The molecule has 0 saturated carbocycles. The molecule has 2 N–H and O–H groups in total. The van der Waals surface area contributed by atoms with Crippen LogP contribution in [0.1, 0.15) is 34.7 Å². The zero-order valence-electron chi connectivity index (χ0n) is 20.8. The van der Waals surface area contributed by atoms with E-state index in [-0.39, 0.29) is 18.3 Å². The van der Waals surface area contributed by atoms with Gasteiger partial charge in [-0.15, -0.1) is 0 Å². The van der Waals surface area contributed by atoms with E-state index in [1.165, 1.54) is 13.0 Å². The maximum atomic E-state index is 12.6. The maximum Gasteiger partial charge on any atom is 0.223 e. The lowest BCUT2D eigenvalue weighted by molar-refractivity contribution is -0.333. The van der Waals surface area contributed by atoms with Gasteiger partial charge in [0, 0.05) is 18.1 Å². The van der Waals surface area contributed by atoms with E-state index < -0.39 is 36.9 Å². The van der Waals surface area contributed by atoms with E-state index in [4.69, 9.17) is 18.9 Å². The van der Waals surface area contributed by atoms with Gasteiger partial charge in [-0.2, -0.15) is 0 Å². The van der Waals surface area contributed by atoms with Gasteiger partial charge in [-0.1, -0.05) is 66.7 Å². The lowest BCUT2D eigenvalue weighted by Gasteiger charge is -2.47. The number of amides is 1. The van der Waals surface area contributed by atoms with Gasteiger partial charge in [0.05, 0.1) is 6.61 Å². The van der Waals surface area contributed by atoms with Crippen LogP contribution in [0.4, 0.5) is 0 Å². The van der Waals surface area contributed by atoms with Gasteiger partial charge in [0.15, 0.2) is 12.1 Å². The van der Waals surface area contributed by atoms with E-state index in [2.05, 4.69) is 5.32 Å². The SMILES string of the molecule is CC(=O)N[C@@H]1[C@H](Oc2ccc(C(=O)/C=C/c3ccccc3)cc2)O[C@@H]2CO[C@H](c3ccccc3)O[C@H]2[C@H]1O. The van der Waals surface area contributed by atoms with Crippen LogP contribution in [0.15, 0.2) is 91.0 Å². The number of allylic oxidation sites excluding steroid dienone is 1. The fraction of sp³-hybridized carbons (Fsp3) is 0.267. The molecule has 8 heteroatoms. The standard InChI is InChI=1S/C30H29NO7/c1-19(32)31-26-27(34)28-25(18-35-29(38-28)22-10-6-3-7-11-22)37-30(26)36-23-15-13-21(14-16-23)24(33)17-12-20-8-4-2-5-9-20/h2-17,25-30,34H,18H2,1H3,(H,31,32)/b17-12+/t25-,26+,27+,28-,29+,30-/m1/s1. The number of carbonyl (C=O) groups is 2. The summed E-state index contributed by atoms with van der Waals surface area (Å²) in [5, 5.41) is 13.9. The Labute approximate surface area is 220 Å². The van der Waals surface area contributed by atoms with Crippen molar-refractivity contribution in [2.24, 2.45) is 0 Å². The van der Waals surface area contributed by atoms with E-state index in [9.17, 15) is 14.7 Å². The molecule has 5 rings (SSSR count). The molecule has 6 atom stereocenters. The topological polar surface area (TPSA) is 103 Å². The minimum atomic E-state index is -1.11. The molecule has 1 amide bonds. The third-order valence-electron chi connectivity index (χ3n) is 6.43. The van der Waals surface area contributed by atoms with E-state index in [0.717, 1.165) is 11.1 Å². The van der Waals surface area contributed by atoms with Gasteiger partial charge in [0.2, 0.25) is 12.2 Å². The zero-order chi connectivity index (χ0) is 26.5. The Bertz CT molecular complexity index is 1260. The highest BCUT2D eigenvalue weighted by atomic mass is 16.7. The third kappa shape index (κ3) is 6.00. The van der Waals surface area contributed by atoms with Crippen molar-refractivity contribution in [2.45, 2.75) is 43.9 Å². The molecule has 8 nitrogen and oxygen atoms in total. The molecule has 2 saturated heterocycles. The highest BCUT2D eigenvalue weighted by Gasteiger charge is 2.50. The summed E-state index contributed by atoms with van der Waals surface area (Å²) in [5.74, 6) is -0.0740. The van der Waals surface area contributed by atoms with Crippen LogP contribution in [0.2, 0.25) is 0 Å². The molecule has 0 bridgehead atoms. The van der Waals surface area contributed by atoms with E-state index >= 15 is 0 Å². The Morgan fingerprint density at radius 3 is 2.32 bits per heavy atom. The number of fused-ring (bicyclic) bond motifs is 1. The molecule has 0 aliphatic carbocycles. The number of hydrogen-bond donors (Lipinski definition) is 2. The Hall–Kier alpha value is -3.82. The molecule has 2 aliphatic heterocycles. The lowest BCUT2D eigenvalue weighted by Crippen LogP contribution is -2.67. The summed E-state index contributed by atoms with van der Waals surface area (Å²) in [6.45, 7) is 1.53. The second-order valence-electron chi connectivity index (χ2n) is 9.19. The highest BCUT2D eigenvalue weighted by Crippen LogP contribution is 2.34. The van der Waals surface area contributed by atoms with Crippen molar-refractivity contribution in [3.63, 3.8) is 0 Å². The number of aliphatic hydroxyl groups is 1. The van der Waals surface area contributed by atoms with E-state index in [1.807, 2.05) is 60.7 Å². The predicted molar refractivity (Wildman–Crippen MR) is 139 cm³/mol. The molecule has 196 valence electrons. The van der Waals surface area contributed by atoms with Crippen molar-refractivity contribution in [1.82, 2.24) is 5.32 Å². The van der Waals surface area contributed by atoms with Crippen molar-refractivity contribution in [2.75, 3.05) is 6.61 Å². The average Bonchev–Trinajstić information content (AvgIpc) is 2.95. The molecule has 0 radical (unpaired) electrons. The largest absolute Gasteiger partial charge is 0.463 e. The van der Waals surface area contributed by atoms with Gasteiger partial charge in [-0.25, -0.2) is 0 Å². The van der Waals surface area contributed by atoms with Gasteiger partial charge >= 0.3 is 0 Å². The second kappa shape index (κ2) is 11.7. The van der Waals surface area contributed by atoms with E-state index in [1.54, 1.807) is 30.3 Å². The Balaban J connectivity index is 1.27. The number of rotatable bonds is 7. The summed E-state index contributed by atoms with van der Waals surface area (Å²) in [6, 6.07) is 24.7. The average molecular weight is 516 g/mol. The number of ether oxygens (including phenoxy) is 4. The van der Waals surface area contributed by atoms with Crippen molar-refractivity contribution in [3.8, 4) is 5.75 Å². The highest BCUT2D eigenvalue weighted by molar-refractivity contribution is 6.06. The maximum absolute atomic E-state index is 12.6. The fourth-order valence-electron chi connectivity index (χ4n) is 4.52. The normalized spacial score (nSPS) is 26.9. The minimum absolute atomic E-state index is 0.145. The summed E-state index contributed by atoms with van der Waals surface area (Å²) in [5.41, 5.74) is 2.25. The van der Waals surface area contributed by atoms with Crippen molar-refractivity contribution in [1.29, 1.82) is 0 Å². The van der Waals surface area contributed by atoms with Crippen LogP contribution in [0.25, 0.3) is 6.08 Å². The van der Waals surface area contributed by atoms with Gasteiger partial charge in [-0.05, 0) is 35.9 Å². The summed E-state index contributed by atoms with van der Waals surface area (Å²) >= 11 is 0. The molecule has 0 aromatic heterocycles. The molecule has 2 fully saturated rings. The molecular weight excluding hydrogens is 486 g/mol. The quantitative estimate of drug-likeness (QED) is 0.366. The number of ketones is 1. The second-order valence-corrected chi connectivity index (χ2v) is 9.19. The van der Waals surface area contributed by atoms with Crippen LogP contribution in [-0.2, 0) is 19.0 Å². The Kier molecular flexibility index (Phi) is 7.95. The summed E-state index contributed by atoms with van der Waals surface area (Å²) in [6.07, 6.45) is -0.838. The van der Waals surface area contributed by atoms with Crippen LogP contribution < -0.4 is 10.1 Å². The number of nitrogens with one attached hydrogen (secondary N) is 1. The summed E-state index contributed by atoms with van der Waals surface area (Å²) < 4.78 is 24.0. The first-order valence-corrected chi connectivity index (χ1v) is 12.4. The number of benzene rings is 3.